The van der Waals surface area contributed by atoms with Gasteiger partial charge in [-0.3, -0.25) is 10.2 Å². The Balaban J connectivity index is 1.47. The van der Waals surface area contributed by atoms with Crippen molar-refractivity contribution in [1.29, 1.82) is 5.41 Å². The van der Waals surface area contributed by atoms with E-state index in [4.69, 9.17) is 5.41 Å². The average Bonchev–Trinajstić information content (AvgIpc) is 3.33. The Bertz CT molecular complexity index is 1200. The maximum absolute atomic E-state index is 13.3. The Kier molecular flexibility index (Phi) is 5.21. The maximum atomic E-state index is 13.3. The molecule has 9 heteroatoms. The zero-order chi connectivity index (χ0) is 22.4. The van der Waals surface area contributed by atoms with Crippen molar-refractivity contribution in [3.63, 3.8) is 0 Å². The van der Waals surface area contributed by atoms with Crippen molar-refractivity contribution in [3.05, 3.63) is 58.7 Å². The Morgan fingerprint density at radius 1 is 1.09 bits per heavy atom. The molecule has 2 aromatic rings. The highest BCUT2D eigenvalue weighted by molar-refractivity contribution is 8.26. The van der Waals surface area contributed by atoms with Crippen LogP contribution in [0.25, 0.3) is 11.8 Å². The number of nitrogens with one attached hydrogen (secondary N) is 1. The Hall–Kier alpha value is -3.20. The first-order valence-corrected chi connectivity index (χ1v) is 11.4. The fraction of sp³-hybridized carbons (Fsp3) is 0.304. The molecule has 1 aromatic heterocycles. The number of carbonyl (C=O) groups is 1. The van der Waals surface area contributed by atoms with Crippen molar-refractivity contribution >= 4 is 39.9 Å². The minimum absolute atomic E-state index is 0.0334. The number of fused-ring (bicyclic) bond motifs is 1. The van der Waals surface area contributed by atoms with Gasteiger partial charge in [-0.15, -0.1) is 5.10 Å². The molecule has 3 aliphatic heterocycles. The van der Waals surface area contributed by atoms with Crippen LogP contribution in [0.4, 0.5) is 4.39 Å². The molecule has 3 aliphatic rings. The van der Waals surface area contributed by atoms with E-state index >= 15 is 0 Å². The SMILES string of the molecule is Cc1cc(/C=C2/C(=N)N3N=C(N4CCCCC4)SC3=NC2=O)c(C)n1-c1ccc(F)cc1. The predicted octanol–water partition coefficient (Wildman–Crippen LogP) is 4.30. The maximum Gasteiger partial charge on any atom is 0.283 e. The molecule has 7 nitrogen and oxygen atoms in total. The van der Waals surface area contributed by atoms with Gasteiger partial charge in [-0.1, -0.05) is 0 Å². The van der Waals surface area contributed by atoms with Crippen LogP contribution in [-0.2, 0) is 4.79 Å². The number of hydrazone groups is 1. The molecule has 164 valence electrons. The van der Waals surface area contributed by atoms with E-state index in [1.165, 1.54) is 35.3 Å². The smallest absolute Gasteiger partial charge is 0.283 e. The second kappa shape index (κ2) is 8.05. The molecule has 32 heavy (non-hydrogen) atoms. The molecule has 0 aliphatic carbocycles. The molecule has 1 saturated heterocycles. The van der Waals surface area contributed by atoms with Gasteiger partial charge in [-0.05, 0) is 86.8 Å². The summed E-state index contributed by atoms with van der Waals surface area (Å²) in [6.07, 6.45) is 5.16. The molecule has 1 fully saturated rings. The van der Waals surface area contributed by atoms with E-state index in [9.17, 15) is 9.18 Å². The number of amides is 1. The van der Waals surface area contributed by atoms with E-state index in [0.29, 0.717) is 5.17 Å². The van der Waals surface area contributed by atoms with Gasteiger partial charge in [0.05, 0.1) is 5.57 Å². The van der Waals surface area contributed by atoms with Gasteiger partial charge < -0.3 is 9.47 Å². The van der Waals surface area contributed by atoms with Crippen LogP contribution < -0.4 is 0 Å². The third-order valence-corrected chi connectivity index (χ3v) is 6.89. The van der Waals surface area contributed by atoms with Gasteiger partial charge in [0, 0.05) is 30.2 Å². The van der Waals surface area contributed by atoms with E-state index in [0.717, 1.165) is 53.7 Å². The van der Waals surface area contributed by atoms with Crippen molar-refractivity contribution in [2.75, 3.05) is 13.1 Å². The number of amidine groups is 3. The van der Waals surface area contributed by atoms with Crippen molar-refractivity contribution in [1.82, 2.24) is 14.5 Å². The number of halogens is 1. The normalized spacial score (nSPS) is 20.0. The highest BCUT2D eigenvalue weighted by Gasteiger charge is 2.37. The molecule has 0 unspecified atom stereocenters. The summed E-state index contributed by atoms with van der Waals surface area (Å²) in [6, 6.07) is 8.23. The highest BCUT2D eigenvalue weighted by Crippen LogP contribution is 2.31. The van der Waals surface area contributed by atoms with Gasteiger partial charge in [0.15, 0.2) is 11.0 Å². The van der Waals surface area contributed by atoms with Crippen molar-refractivity contribution in [2.45, 2.75) is 33.1 Å². The topological polar surface area (TPSA) is 77.1 Å². The van der Waals surface area contributed by atoms with Crippen LogP contribution in [0.1, 0.15) is 36.2 Å². The van der Waals surface area contributed by atoms with Gasteiger partial charge in [-0.25, -0.2) is 4.39 Å². The molecule has 0 bridgehead atoms. The zero-order valence-electron chi connectivity index (χ0n) is 17.9. The van der Waals surface area contributed by atoms with Crippen molar-refractivity contribution in [2.24, 2.45) is 10.1 Å². The van der Waals surface area contributed by atoms with Crippen LogP contribution in [0.3, 0.4) is 0 Å². The number of piperidine rings is 1. The number of carbonyl (C=O) groups excluding carboxylic acids is 1. The van der Waals surface area contributed by atoms with Gasteiger partial charge in [0.25, 0.3) is 5.91 Å². The quantitative estimate of drug-likeness (QED) is 0.693. The minimum atomic E-state index is -0.435. The van der Waals surface area contributed by atoms with Crippen LogP contribution in [0.5, 0.6) is 0 Å². The lowest BCUT2D eigenvalue weighted by atomic mass is 10.1. The Morgan fingerprint density at radius 3 is 2.53 bits per heavy atom. The largest absolute Gasteiger partial charge is 0.349 e. The van der Waals surface area contributed by atoms with Gasteiger partial charge >= 0.3 is 0 Å². The first-order chi connectivity index (χ1) is 15.4. The van der Waals surface area contributed by atoms with Crippen LogP contribution in [0.15, 0.2) is 46.0 Å². The monoisotopic (exact) mass is 450 g/mol. The molecule has 4 heterocycles. The van der Waals surface area contributed by atoms with E-state index in [-0.39, 0.29) is 17.2 Å². The highest BCUT2D eigenvalue weighted by atomic mass is 32.2. The number of rotatable bonds is 2. The molecule has 5 rings (SSSR count). The molecular weight excluding hydrogens is 427 g/mol. The lowest BCUT2D eigenvalue weighted by Gasteiger charge is -2.26. The zero-order valence-corrected chi connectivity index (χ0v) is 18.7. The van der Waals surface area contributed by atoms with Crippen molar-refractivity contribution in [3.8, 4) is 5.69 Å². The summed E-state index contributed by atoms with van der Waals surface area (Å²) in [6.45, 7) is 5.76. The summed E-state index contributed by atoms with van der Waals surface area (Å²) in [5, 5.41) is 15.9. The van der Waals surface area contributed by atoms with Crippen molar-refractivity contribution < 1.29 is 9.18 Å². The summed E-state index contributed by atoms with van der Waals surface area (Å²) in [5.74, 6) is -0.692. The number of aryl methyl sites for hydroxylation is 1. The second-order valence-electron chi connectivity index (χ2n) is 8.09. The number of hydrogen-bond acceptors (Lipinski definition) is 5. The molecule has 1 N–H and O–H groups in total. The summed E-state index contributed by atoms with van der Waals surface area (Å²) in [7, 11) is 0. The lowest BCUT2D eigenvalue weighted by Crippen LogP contribution is -2.35. The van der Waals surface area contributed by atoms with Crippen LogP contribution >= 0.6 is 11.8 Å². The molecule has 0 saturated carbocycles. The van der Waals surface area contributed by atoms with Crippen LogP contribution in [0.2, 0.25) is 0 Å². The standard InChI is InChI=1S/C23H23FN6OS/c1-14-12-16(15(2)29(14)18-8-6-17(24)7-9-18)13-19-20(25)30-22(26-21(19)31)32-23(27-30)28-10-4-3-5-11-28/h6-9,12-13,25H,3-5,10-11H2,1-2H3/b19-13-,25-20?. The third-order valence-electron chi connectivity index (χ3n) is 5.93. The predicted molar refractivity (Wildman–Crippen MR) is 126 cm³/mol. The average molecular weight is 451 g/mol. The second-order valence-corrected chi connectivity index (χ2v) is 9.02. The van der Waals surface area contributed by atoms with Crippen LogP contribution in [-0.4, -0.2) is 49.6 Å². The Labute approximate surface area is 189 Å². The van der Waals surface area contributed by atoms with Gasteiger partial charge in [0.1, 0.15) is 5.82 Å². The number of aliphatic imine (C=N–C) groups is 1. The van der Waals surface area contributed by atoms with E-state index < -0.39 is 5.91 Å². The van der Waals surface area contributed by atoms with E-state index in [2.05, 4.69) is 15.0 Å². The number of hydrogen-bond donors (Lipinski definition) is 1. The van der Waals surface area contributed by atoms with Crippen LogP contribution in [0, 0.1) is 25.1 Å². The minimum Gasteiger partial charge on any atom is -0.349 e. The number of aromatic nitrogens is 1. The lowest BCUT2D eigenvalue weighted by molar-refractivity contribution is -0.114. The summed E-state index contributed by atoms with van der Waals surface area (Å²) in [4.78, 5) is 19.2. The van der Waals surface area contributed by atoms with E-state index in [1.807, 2.05) is 24.5 Å². The number of thioether (sulfide) groups is 1. The molecule has 1 amide bonds. The number of likely N-dealkylation sites (tertiary alicyclic amines) is 1. The molecule has 0 spiro atoms. The fourth-order valence-electron chi connectivity index (χ4n) is 4.27. The molecule has 1 aromatic carbocycles. The Morgan fingerprint density at radius 2 is 1.81 bits per heavy atom. The summed E-state index contributed by atoms with van der Waals surface area (Å²) >= 11 is 1.35. The number of nitrogens with zero attached hydrogens (tertiary/aromatic N) is 5. The molecular formula is C23H23FN6OS. The summed E-state index contributed by atoms with van der Waals surface area (Å²) in [5.41, 5.74) is 3.69. The molecule has 0 radical (unpaired) electrons. The first kappa shape index (κ1) is 20.7. The third kappa shape index (κ3) is 3.56. The number of benzene rings is 1. The molecule has 0 atom stereocenters. The fourth-order valence-corrected chi connectivity index (χ4v) is 5.22. The summed E-state index contributed by atoms with van der Waals surface area (Å²) < 4.78 is 15.3. The van der Waals surface area contributed by atoms with E-state index in [1.54, 1.807) is 18.2 Å². The van der Waals surface area contributed by atoms with Gasteiger partial charge in [-0.2, -0.15) is 10.0 Å². The van der Waals surface area contributed by atoms with Gasteiger partial charge in [0.2, 0.25) is 5.17 Å². The first-order valence-electron chi connectivity index (χ1n) is 10.6.